The minimum Gasteiger partial charge on any atom is -0.328 e. The summed E-state index contributed by atoms with van der Waals surface area (Å²) in [5.41, 5.74) is 3.17. The number of hydrogen-bond acceptors (Lipinski definition) is 3. The summed E-state index contributed by atoms with van der Waals surface area (Å²) in [5.74, 6) is -0.633. The highest BCUT2D eigenvalue weighted by atomic mass is 32.2. The lowest BCUT2D eigenvalue weighted by Crippen LogP contribution is -2.34. The lowest BCUT2D eigenvalue weighted by molar-refractivity contribution is 0.369. The molecule has 130 valence electrons. The van der Waals surface area contributed by atoms with Gasteiger partial charge in [0.2, 0.25) is 0 Å². The summed E-state index contributed by atoms with van der Waals surface area (Å²) in [6, 6.07) is 10.0. The van der Waals surface area contributed by atoms with Crippen molar-refractivity contribution in [2.45, 2.75) is 31.1 Å². The normalized spacial score (nSPS) is 21.0. The van der Waals surface area contributed by atoms with Crippen molar-refractivity contribution in [2.24, 2.45) is 10.9 Å². The van der Waals surface area contributed by atoms with Crippen LogP contribution in [0.25, 0.3) is 0 Å². The topological polar surface area (TPSA) is 24.4 Å². The SMILES string of the molecule is CSNc1cccc2c1N=CC2[C@](C)(c1ccc(F)cc1F)C1CC1. The van der Waals surface area contributed by atoms with Gasteiger partial charge in [0, 0.05) is 29.9 Å². The first kappa shape index (κ1) is 16.6. The van der Waals surface area contributed by atoms with Crippen molar-refractivity contribution in [1.29, 1.82) is 0 Å². The van der Waals surface area contributed by atoms with Crippen molar-refractivity contribution < 1.29 is 8.78 Å². The van der Waals surface area contributed by atoms with Crippen molar-refractivity contribution in [2.75, 3.05) is 11.0 Å². The fourth-order valence-corrected chi connectivity index (χ4v) is 4.49. The Morgan fingerprint density at radius 3 is 2.68 bits per heavy atom. The van der Waals surface area contributed by atoms with E-state index >= 15 is 0 Å². The first-order valence-electron chi connectivity index (χ1n) is 8.47. The number of nitrogens with one attached hydrogen (secondary N) is 1. The van der Waals surface area contributed by atoms with Crippen LogP contribution in [0.2, 0.25) is 0 Å². The van der Waals surface area contributed by atoms with E-state index in [1.54, 1.807) is 6.07 Å². The number of para-hydroxylation sites is 1. The van der Waals surface area contributed by atoms with E-state index in [1.807, 2.05) is 24.6 Å². The Bertz CT molecular complexity index is 848. The summed E-state index contributed by atoms with van der Waals surface area (Å²) in [4.78, 5) is 4.65. The summed E-state index contributed by atoms with van der Waals surface area (Å²) in [7, 11) is 0. The molecule has 1 fully saturated rings. The van der Waals surface area contributed by atoms with Crippen LogP contribution < -0.4 is 4.72 Å². The molecule has 2 atom stereocenters. The van der Waals surface area contributed by atoms with Crippen molar-refractivity contribution in [3.05, 3.63) is 59.2 Å². The van der Waals surface area contributed by atoms with Crippen molar-refractivity contribution >= 4 is 29.5 Å². The molecular weight excluding hydrogens is 338 g/mol. The van der Waals surface area contributed by atoms with Gasteiger partial charge in [0.1, 0.15) is 11.6 Å². The standard InChI is InChI=1S/C20H20F2N2S/c1-20(12-6-7-12,15-9-8-13(21)10-17(15)22)16-11-23-19-14(16)4-3-5-18(19)24-25-2/h3-5,8-12,16,24H,6-7H2,1-2H3/t16?,20-/m0/s1. The van der Waals surface area contributed by atoms with Gasteiger partial charge in [0.15, 0.2) is 0 Å². The average Bonchev–Trinajstić information content (AvgIpc) is 3.34. The smallest absolute Gasteiger partial charge is 0.129 e. The number of benzene rings is 2. The zero-order chi connectivity index (χ0) is 17.6. The van der Waals surface area contributed by atoms with Gasteiger partial charge >= 0.3 is 0 Å². The summed E-state index contributed by atoms with van der Waals surface area (Å²) in [5, 5.41) is 0. The molecule has 2 aromatic carbocycles. The van der Waals surface area contributed by atoms with Crippen molar-refractivity contribution in [3.63, 3.8) is 0 Å². The van der Waals surface area contributed by atoms with E-state index in [0.717, 1.165) is 35.8 Å². The van der Waals surface area contributed by atoms with Gasteiger partial charge in [0.25, 0.3) is 0 Å². The Kier molecular flexibility index (Phi) is 4.07. The van der Waals surface area contributed by atoms with Gasteiger partial charge in [0.05, 0.1) is 11.4 Å². The van der Waals surface area contributed by atoms with Crippen molar-refractivity contribution in [3.8, 4) is 0 Å². The first-order valence-corrected chi connectivity index (χ1v) is 9.69. The van der Waals surface area contributed by atoms with Crippen LogP contribution in [0.4, 0.5) is 20.2 Å². The molecule has 1 N–H and O–H groups in total. The van der Waals surface area contributed by atoms with Gasteiger partial charge in [-0.25, -0.2) is 8.78 Å². The number of hydrogen-bond donors (Lipinski definition) is 1. The Hall–Kier alpha value is -1.88. The van der Waals surface area contributed by atoms with Crippen LogP contribution in [0.15, 0.2) is 41.4 Å². The molecule has 2 aromatic rings. The quantitative estimate of drug-likeness (QED) is 0.681. The second-order valence-electron chi connectivity index (χ2n) is 6.99. The third kappa shape index (κ3) is 2.65. The van der Waals surface area contributed by atoms with E-state index in [0.29, 0.717) is 11.5 Å². The van der Waals surface area contributed by atoms with Crippen LogP contribution in [0.1, 0.15) is 36.8 Å². The van der Waals surface area contributed by atoms with Crippen LogP contribution in [0, 0.1) is 17.6 Å². The Morgan fingerprint density at radius 2 is 2.00 bits per heavy atom. The van der Waals surface area contributed by atoms with E-state index in [9.17, 15) is 8.78 Å². The number of nitrogens with zero attached hydrogens (tertiary/aromatic N) is 1. The van der Waals surface area contributed by atoms with E-state index in [2.05, 4.69) is 22.7 Å². The fraction of sp³-hybridized carbons (Fsp3) is 0.350. The Morgan fingerprint density at radius 1 is 1.20 bits per heavy atom. The predicted octanol–water partition coefficient (Wildman–Crippen LogP) is 5.82. The molecule has 0 amide bonds. The van der Waals surface area contributed by atoms with Gasteiger partial charge in [-0.2, -0.15) is 0 Å². The molecule has 1 aliphatic heterocycles. The summed E-state index contributed by atoms with van der Waals surface area (Å²) >= 11 is 1.52. The third-order valence-electron chi connectivity index (χ3n) is 5.55. The summed E-state index contributed by atoms with van der Waals surface area (Å²) in [6.45, 7) is 2.10. The highest BCUT2D eigenvalue weighted by Gasteiger charge is 2.50. The van der Waals surface area contributed by atoms with Crippen LogP contribution in [0.3, 0.4) is 0 Å². The molecule has 1 unspecified atom stereocenters. The van der Waals surface area contributed by atoms with Gasteiger partial charge in [-0.1, -0.05) is 37.1 Å². The molecule has 5 heteroatoms. The molecule has 2 aliphatic rings. The van der Waals surface area contributed by atoms with Gasteiger partial charge < -0.3 is 4.72 Å². The highest BCUT2D eigenvalue weighted by Crippen LogP contribution is 2.57. The zero-order valence-electron chi connectivity index (χ0n) is 14.2. The average molecular weight is 358 g/mol. The molecule has 1 aliphatic carbocycles. The van der Waals surface area contributed by atoms with Crippen LogP contribution >= 0.6 is 11.9 Å². The van der Waals surface area contributed by atoms with Crippen LogP contribution in [0.5, 0.6) is 0 Å². The molecule has 0 radical (unpaired) electrons. The summed E-state index contributed by atoms with van der Waals surface area (Å²) in [6.07, 6.45) is 6.04. The lowest BCUT2D eigenvalue weighted by Gasteiger charge is -2.36. The van der Waals surface area contributed by atoms with Gasteiger partial charge in [-0.15, -0.1) is 0 Å². The van der Waals surface area contributed by atoms with E-state index in [4.69, 9.17) is 0 Å². The molecular formula is C20H20F2N2S. The van der Waals surface area contributed by atoms with Crippen molar-refractivity contribution in [1.82, 2.24) is 0 Å². The predicted molar refractivity (Wildman–Crippen MR) is 101 cm³/mol. The second kappa shape index (κ2) is 6.13. The van der Waals surface area contributed by atoms with Gasteiger partial charge in [-0.05, 0) is 42.0 Å². The maximum atomic E-state index is 14.7. The minimum absolute atomic E-state index is 0.0152. The van der Waals surface area contributed by atoms with Crippen LogP contribution in [-0.2, 0) is 5.41 Å². The molecule has 1 heterocycles. The molecule has 1 saturated carbocycles. The second-order valence-corrected chi connectivity index (χ2v) is 7.60. The Balaban J connectivity index is 1.83. The molecule has 0 spiro atoms. The largest absolute Gasteiger partial charge is 0.328 e. The molecule has 0 aromatic heterocycles. The number of anilines is 1. The van der Waals surface area contributed by atoms with Gasteiger partial charge in [-0.3, -0.25) is 4.99 Å². The van der Waals surface area contributed by atoms with E-state index in [-0.39, 0.29) is 5.92 Å². The number of aliphatic imine (C=N–C) groups is 1. The van der Waals surface area contributed by atoms with E-state index in [1.165, 1.54) is 18.0 Å². The zero-order valence-corrected chi connectivity index (χ0v) is 15.0. The molecule has 0 bridgehead atoms. The number of halogens is 2. The maximum absolute atomic E-state index is 14.7. The number of rotatable bonds is 5. The molecule has 4 rings (SSSR count). The fourth-order valence-electron chi connectivity index (χ4n) is 4.11. The number of fused-ring (bicyclic) bond motifs is 1. The Labute approximate surface area is 150 Å². The van der Waals surface area contributed by atoms with E-state index < -0.39 is 17.0 Å². The third-order valence-corrected chi connectivity index (χ3v) is 5.97. The van der Waals surface area contributed by atoms with Crippen LogP contribution in [-0.4, -0.2) is 12.5 Å². The first-order chi connectivity index (χ1) is 12.1. The monoisotopic (exact) mass is 358 g/mol. The molecule has 2 nitrogen and oxygen atoms in total. The summed E-state index contributed by atoms with van der Waals surface area (Å²) < 4.78 is 31.4. The molecule has 0 saturated heterocycles. The highest BCUT2D eigenvalue weighted by molar-refractivity contribution is 7.99. The maximum Gasteiger partial charge on any atom is 0.129 e. The minimum atomic E-state index is -0.536. The molecule has 25 heavy (non-hydrogen) atoms. The lowest BCUT2D eigenvalue weighted by atomic mass is 9.66.